The number of hydrogen-bond acceptors (Lipinski definition) is 5. The topological polar surface area (TPSA) is 80.3 Å². The van der Waals surface area contributed by atoms with Gasteiger partial charge in [0.1, 0.15) is 5.82 Å². The lowest BCUT2D eigenvalue weighted by Crippen LogP contribution is -2.27. The molecule has 2 aromatic heterocycles. The summed E-state index contributed by atoms with van der Waals surface area (Å²) < 4.78 is 1.79. The Morgan fingerprint density at radius 3 is 2.92 bits per heavy atom. The molecule has 0 atom stereocenters. The van der Waals surface area contributed by atoms with Gasteiger partial charge in [0.15, 0.2) is 5.65 Å². The summed E-state index contributed by atoms with van der Waals surface area (Å²) in [7, 11) is 0. The van der Waals surface area contributed by atoms with Gasteiger partial charge in [0.05, 0.1) is 6.20 Å². The third-order valence-electron chi connectivity index (χ3n) is 3.94. The molecule has 0 aliphatic heterocycles. The normalized spacial score (nSPS) is 11.0. The molecular formula is C19H24N6. The summed E-state index contributed by atoms with van der Waals surface area (Å²) in [4.78, 5) is 4.73. The average Bonchev–Trinajstić information content (AvgIpc) is 3.04. The van der Waals surface area contributed by atoms with E-state index in [4.69, 9.17) is 10.7 Å². The number of rotatable bonds is 8. The Morgan fingerprint density at radius 2 is 2.12 bits per heavy atom. The molecule has 2 heterocycles. The third kappa shape index (κ3) is 4.04. The van der Waals surface area contributed by atoms with Crippen LogP contribution in [0.5, 0.6) is 0 Å². The zero-order valence-electron chi connectivity index (χ0n) is 14.5. The standard InChI is InChI=1S/C19H24N6/c1-3-15-10-14(2)11-16(12-15)17-13-23-25-9-4-18(24-19(17)25)22-8-7-21-6-5-20/h3-4,9-13,21H,1,5-8,20H2,2H3,(H,22,24). The molecule has 0 radical (unpaired) electrons. The summed E-state index contributed by atoms with van der Waals surface area (Å²) in [5, 5.41) is 11.0. The van der Waals surface area contributed by atoms with Crippen molar-refractivity contribution in [3.63, 3.8) is 0 Å². The van der Waals surface area contributed by atoms with E-state index in [9.17, 15) is 0 Å². The fraction of sp³-hybridized carbons (Fsp3) is 0.263. The second kappa shape index (κ2) is 7.92. The van der Waals surface area contributed by atoms with Crippen molar-refractivity contribution < 1.29 is 0 Å². The maximum atomic E-state index is 5.46. The number of aromatic nitrogens is 3. The van der Waals surface area contributed by atoms with Crippen molar-refractivity contribution in [1.29, 1.82) is 0 Å². The fourth-order valence-electron chi connectivity index (χ4n) is 2.76. The Labute approximate surface area is 147 Å². The number of hydrogen-bond donors (Lipinski definition) is 3. The molecule has 130 valence electrons. The van der Waals surface area contributed by atoms with Gasteiger partial charge < -0.3 is 16.4 Å². The van der Waals surface area contributed by atoms with Crippen LogP contribution in [0.1, 0.15) is 11.1 Å². The summed E-state index contributed by atoms with van der Waals surface area (Å²) >= 11 is 0. The van der Waals surface area contributed by atoms with Gasteiger partial charge in [-0.2, -0.15) is 5.10 Å². The predicted octanol–water partition coefficient (Wildman–Crippen LogP) is 2.31. The summed E-state index contributed by atoms with van der Waals surface area (Å²) in [5.41, 5.74) is 10.7. The summed E-state index contributed by atoms with van der Waals surface area (Å²) in [6.45, 7) is 9.04. The number of nitrogens with zero attached hydrogens (tertiary/aromatic N) is 3. The summed E-state index contributed by atoms with van der Waals surface area (Å²) in [6.07, 6.45) is 5.64. The van der Waals surface area contributed by atoms with Crippen LogP contribution in [0.25, 0.3) is 22.9 Å². The minimum absolute atomic E-state index is 0.645. The Morgan fingerprint density at radius 1 is 1.24 bits per heavy atom. The first-order valence-electron chi connectivity index (χ1n) is 8.45. The van der Waals surface area contributed by atoms with Crippen LogP contribution in [0.4, 0.5) is 5.82 Å². The van der Waals surface area contributed by atoms with Crippen molar-refractivity contribution in [2.75, 3.05) is 31.5 Å². The second-order valence-corrected chi connectivity index (χ2v) is 5.94. The van der Waals surface area contributed by atoms with Crippen LogP contribution in [0.15, 0.2) is 43.2 Å². The molecule has 3 aromatic rings. The Balaban J connectivity index is 1.86. The Kier molecular flexibility index (Phi) is 5.42. The summed E-state index contributed by atoms with van der Waals surface area (Å²) in [5.74, 6) is 0.834. The van der Waals surface area contributed by atoms with Crippen molar-refractivity contribution in [2.24, 2.45) is 5.73 Å². The van der Waals surface area contributed by atoms with E-state index in [-0.39, 0.29) is 0 Å². The second-order valence-electron chi connectivity index (χ2n) is 5.94. The van der Waals surface area contributed by atoms with Crippen LogP contribution in [0.2, 0.25) is 0 Å². The Bertz CT molecular complexity index is 867. The molecule has 0 unspecified atom stereocenters. The zero-order valence-corrected chi connectivity index (χ0v) is 14.5. The van der Waals surface area contributed by atoms with Crippen LogP contribution in [-0.4, -0.2) is 40.8 Å². The van der Waals surface area contributed by atoms with Crippen LogP contribution in [-0.2, 0) is 0 Å². The van der Waals surface area contributed by atoms with E-state index >= 15 is 0 Å². The number of anilines is 1. The molecular weight excluding hydrogens is 312 g/mol. The molecule has 6 heteroatoms. The van der Waals surface area contributed by atoms with E-state index in [1.165, 1.54) is 5.56 Å². The van der Waals surface area contributed by atoms with Gasteiger partial charge in [0, 0.05) is 37.9 Å². The molecule has 0 amide bonds. The molecule has 1 aromatic carbocycles. The van der Waals surface area contributed by atoms with E-state index < -0.39 is 0 Å². The maximum Gasteiger partial charge on any atom is 0.165 e. The van der Waals surface area contributed by atoms with E-state index in [0.717, 1.165) is 47.8 Å². The highest BCUT2D eigenvalue weighted by Crippen LogP contribution is 2.26. The lowest BCUT2D eigenvalue weighted by molar-refractivity contribution is 0.706. The number of nitrogens with one attached hydrogen (secondary N) is 2. The molecule has 0 saturated heterocycles. The molecule has 0 fully saturated rings. The first-order valence-corrected chi connectivity index (χ1v) is 8.45. The minimum atomic E-state index is 0.645. The molecule has 0 aliphatic rings. The number of fused-ring (bicyclic) bond motifs is 1. The largest absolute Gasteiger partial charge is 0.369 e. The zero-order chi connectivity index (χ0) is 17.6. The van der Waals surface area contributed by atoms with Gasteiger partial charge in [0.25, 0.3) is 0 Å². The maximum absolute atomic E-state index is 5.46. The molecule has 4 N–H and O–H groups in total. The van der Waals surface area contributed by atoms with E-state index in [1.54, 1.807) is 4.52 Å². The van der Waals surface area contributed by atoms with Crippen molar-refractivity contribution in [2.45, 2.75) is 6.92 Å². The lowest BCUT2D eigenvalue weighted by atomic mass is 10.0. The van der Waals surface area contributed by atoms with Gasteiger partial charge in [-0.15, -0.1) is 0 Å². The minimum Gasteiger partial charge on any atom is -0.369 e. The quantitative estimate of drug-likeness (QED) is 0.550. The van der Waals surface area contributed by atoms with Crippen molar-refractivity contribution in [3.8, 4) is 11.1 Å². The molecule has 0 aliphatic carbocycles. The summed E-state index contributed by atoms with van der Waals surface area (Å²) in [6, 6.07) is 8.28. The smallest absolute Gasteiger partial charge is 0.165 e. The predicted molar refractivity (Wildman–Crippen MR) is 104 cm³/mol. The molecule has 6 nitrogen and oxygen atoms in total. The van der Waals surface area contributed by atoms with Gasteiger partial charge in [0.2, 0.25) is 0 Å². The molecule has 0 bridgehead atoms. The van der Waals surface area contributed by atoms with E-state index in [2.05, 4.69) is 47.4 Å². The van der Waals surface area contributed by atoms with Gasteiger partial charge in [-0.3, -0.25) is 0 Å². The highest BCUT2D eigenvalue weighted by atomic mass is 15.2. The van der Waals surface area contributed by atoms with Crippen molar-refractivity contribution >= 4 is 17.5 Å². The molecule has 3 rings (SSSR count). The van der Waals surface area contributed by atoms with Crippen LogP contribution in [0, 0.1) is 6.92 Å². The first-order chi connectivity index (χ1) is 12.2. The lowest BCUT2D eigenvalue weighted by Gasteiger charge is -2.08. The van der Waals surface area contributed by atoms with Crippen molar-refractivity contribution in [3.05, 3.63) is 54.4 Å². The van der Waals surface area contributed by atoms with Crippen LogP contribution in [0.3, 0.4) is 0 Å². The monoisotopic (exact) mass is 336 g/mol. The fourth-order valence-corrected chi connectivity index (χ4v) is 2.76. The van der Waals surface area contributed by atoms with Gasteiger partial charge in [-0.1, -0.05) is 24.8 Å². The number of aryl methyl sites for hydroxylation is 1. The highest BCUT2D eigenvalue weighted by Gasteiger charge is 2.10. The van der Waals surface area contributed by atoms with Crippen molar-refractivity contribution in [1.82, 2.24) is 19.9 Å². The first kappa shape index (κ1) is 17.1. The highest BCUT2D eigenvalue weighted by molar-refractivity contribution is 5.79. The third-order valence-corrected chi connectivity index (χ3v) is 3.94. The molecule has 0 spiro atoms. The van der Waals surface area contributed by atoms with Crippen LogP contribution >= 0.6 is 0 Å². The van der Waals surface area contributed by atoms with Crippen LogP contribution < -0.4 is 16.4 Å². The van der Waals surface area contributed by atoms with Gasteiger partial charge >= 0.3 is 0 Å². The number of nitrogens with two attached hydrogens (primary N) is 1. The Hall–Kier alpha value is -2.70. The molecule has 25 heavy (non-hydrogen) atoms. The van der Waals surface area contributed by atoms with E-state index in [1.807, 2.05) is 24.5 Å². The molecule has 0 saturated carbocycles. The SMILES string of the molecule is C=Cc1cc(C)cc(-c2cnn3ccc(NCCNCCN)nc23)c1. The van der Waals surface area contributed by atoms with E-state index in [0.29, 0.717) is 6.54 Å². The van der Waals surface area contributed by atoms with Gasteiger partial charge in [-0.05, 0) is 35.7 Å². The van der Waals surface area contributed by atoms with Gasteiger partial charge in [-0.25, -0.2) is 9.50 Å². The average molecular weight is 336 g/mol. The number of benzene rings is 1.